The van der Waals surface area contributed by atoms with Crippen LogP contribution in [0.4, 0.5) is 0 Å². The summed E-state index contributed by atoms with van der Waals surface area (Å²) in [7, 11) is 0. The van der Waals surface area contributed by atoms with Crippen molar-refractivity contribution in [1.82, 2.24) is 0 Å². The predicted molar refractivity (Wildman–Crippen MR) is 115 cm³/mol. The molecule has 2 N–H and O–H groups in total. The molecule has 0 amide bonds. The number of nitrogens with two attached hydrogens (primary N) is 1. The first-order valence-electron chi connectivity index (χ1n) is 10.7. The fourth-order valence-electron chi connectivity index (χ4n) is 3.01. The van der Waals surface area contributed by atoms with Crippen LogP contribution in [0.25, 0.3) is 0 Å². The van der Waals surface area contributed by atoms with Gasteiger partial charge in [-0.3, -0.25) is 0 Å². The standard InChI is InChI=1S/C16H36N.C5H11NO2S/c1-5-9-13-17(14-10-6-2,15-11-7-3)16-12-8-4;1-9-3-2-4(6)5(7)8/h5-16H2,1-4H3;4H,2-3,6H2,1H3,(H,7,8)/q+1;/p-1/t;4-/m.0/s1. The lowest BCUT2D eigenvalue weighted by atomic mass is 10.1. The summed E-state index contributed by atoms with van der Waals surface area (Å²) in [5.74, 6) is -0.390. The molecule has 4 nitrogen and oxygen atoms in total. The molecule has 0 radical (unpaired) electrons. The molecule has 0 bridgehead atoms. The molecule has 1 atom stereocenters. The summed E-state index contributed by atoms with van der Waals surface area (Å²) in [5.41, 5.74) is 5.13. The van der Waals surface area contributed by atoms with E-state index >= 15 is 0 Å². The molecule has 0 aliphatic carbocycles. The first-order valence-corrected chi connectivity index (χ1v) is 12.1. The van der Waals surface area contributed by atoms with Crippen molar-refractivity contribution in [2.45, 2.75) is 91.5 Å². The minimum absolute atomic E-state index is 0.490. The molecule has 0 fully saturated rings. The number of carboxylic acids is 1. The second-order valence-electron chi connectivity index (χ2n) is 7.36. The van der Waals surface area contributed by atoms with E-state index < -0.39 is 12.0 Å². The third-order valence-corrected chi connectivity index (χ3v) is 5.52. The number of carboxylic acid groups (broad SMARTS) is 1. The van der Waals surface area contributed by atoms with Crippen LogP contribution >= 0.6 is 11.8 Å². The molecule has 0 aromatic carbocycles. The maximum Gasteiger partial charge on any atom is 0.0786 e. The number of thioether (sulfide) groups is 1. The zero-order chi connectivity index (χ0) is 20.3. The van der Waals surface area contributed by atoms with Crippen LogP contribution in [0.2, 0.25) is 0 Å². The second-order valence-corrected chi connectivity index (χ2v) is 8.34. The van der Waals surface area contributed by atoms with Crippen molar-refractivity contribution in [2.24, 2.45) is 5.73 Å². The van der Waals surface area contributed by atoms with E-state index in [0.29, 0.717) is 6.42 Å². The Bertz CT molecular complexity index is 277. The van der Waals surface area contributed by atoms with Crippen molar-refractivity contribution in [3.63, 3.8) is 0 Å². The summed E-state index contributed by atoms with van der Waals surface area (Å²) in [5, 5.41) is 9.96. The molecule has 0 rings (SSSR count). The maximum atomic E-state index is 9.96. The van der Waals surface area contributed by atoms with E-state index in [4.69, 9.17) is 5.73 Å². The third-order valence-electron chi connectivity index (χ3n) is 4.88. The highest BCUT2D eigenvalue weighted by molar-refractivity contribution is 7.98. The fraction of sp³-hybridized carbons (Fsp3) is 0.952. The van der Waals surface area contributed by atoms with Crippen molar-refractivity contribution < 1.29 is 14.4 Å². The lowest BCUT2D eigenvalue weighted by Crippen LogP contribution is -2.50. The number of unbranched alkanes of at least 4 members (excludes halogenated alkanes) is 4. The Morgan fingerprint density at radius 2 is 1.23 bits per heavy atom. The topological polar surface area (TPSA) is 66.2 Å². The van der Waals surface area contributed by atoms with E-state index in [9.17, 15) is 9.90 Å². The van der Waals surface area contributed by atoms with Gasteiger partial charge in [-0.05, 0) is 44.1 Å². The summed E-state index contributed by atoms with van der Waals surface area (Å²) in [4.78, 5) is 9.96. The van der Waals surface area contributed by atoms with E-state index in [1.807, 2.05) is 6.26 Å². The number of hydrogen-bond donors (Lipinski definition) is 1. The number of quaternary nitrogens is 1. The minimum atomic E-state index is -1.16. The fourth-order valence-corrected chi connectivity index (χ4v) is 3.50. The van der Waals surface area contributed by atoms with Crippen molar-refractivity contribution in [3.8, 4) is 0 Å². The van der Waals surface area contributed by atoms with Crippen molar-refractivity contribution in [2.75, 3.05) is 38.2 Å². The molecule has 0 saturated heterocycles. The molecule has 0 aromatic rings. The van der Waals surface area contributed by atoms with Gasteiger partial charge in [-0.15, -0.1) is 0 Å². The van der Waals surface area contributed by atoms with Crippen LogP contribution in [0.15, 0.2) is 0 Å². The lowest BCUT2D eigenvalue weighted by molar-refractivity contribution is -0.929. The second kappa shape index (κ2) is 19.5. The Kier molecular flexibility index (Phi) is 21.0. The van der Waals surface area contributed by atoms with Crippen LogP contribution in [0, 0.1) is 0 Å². The highest BCUT2D eigenvalue weighted by atomic mass is 32.2. The molecule has 26 heavy (non-hydrogen) atoms. The maximum absolute atomic E-state index is 9.96. The lowest BCUT2D eigenvalue weighted by Gasteiger charge is -2.39. The van der Waals surface area contributed by atoms with Crippen LogP contribution < -0.4 is 10.8 Å². The number of aliphatic carboxylic acids is 1. The van der Waals surface area contributed by atoms with Gasteiger partial charge in [0.25, 0.3) is 0 Å². The molecular weight excluding hydrogens is 344 g/mol. The summed E-state index contributed by atoms with van der Waals surface area (Å²) in [6.07, 6.45) is 13.5. The summed E-state index contributed by atoms with van der Waals surface area (Å²) < 4.78 is 1.42. The number of hydrogen-bond acceptors (Lipinski definition) is 4. The number of carbonyl (C=O) groups is 1. The Hall–Kier alpha value is -0.260. The zero-order valence-corrected chi connectivity index (χ0v) is 19.0. The van der Waals surface area contributed by atoms with Crippen LogP contribution in [0.3, 0.4) is 0 Å². The highest BCUT2D eigenvalue weighted by Gasteiger charge is 2.24. The minimum Gasteiger partial charge on any atom is -0.548 e. The summed E-state index contributed by atoms with van der Waals surface area (Å²) >= 11 is 1.58. The molecule has 0 aromatic heterocycles. The van der Waals surface area contributed by atoms with E-state index in [-0.39, 0.29) is 0 Å². The molecular formula is C21H46N2O2S. The predicted octanol–water partition coefficient (Wildman–Crippen LogP) is 3.82. The van der Waals surface area contributed by atoms with E-state index in [1.165, 1.54) is 82.0 Å². The van der Waals surface area contributed by atoms with Gasteiger partial charge in [-0.25, -0.2) is 0 Å². The van der Waals surface area contributed by atoms with Gasteiger partial charge in [-0.1, -0.05) is 53.4 Å². The van der Waals surface area contributed by atoms with Crippen molar-refractivity contribution >= 4 is 17.7 Å². The number of nitrogens with zero attached hydrogens (tertiary/aromatic N) is 1. The Morgan fingerprint density at radius 1 is 0.885 bits per heavy atom. The third kappa shape index (κ3) is 16.0. The summed E-state index contributed by atoms with van der Waals surface area (Å²) in [6, 6.07) is -0.794. The molecule has 0 spiro atoms. The zero-order valence-electron chi connectivity index (χ0n) is 18.2. The molecule has 0 saturated carbocycles. The summed E-state index contributed by atoms with van der Waals surface area (Å²) in [6.45, 7) is 15.0. The van der Waals surface area contributed by atoms with Gasteiger partial charge in [0.05, 0.1) is 32.1 Å². The highest BCUT2D eigenvalue weighted by Crippen LogP contribution is 2.16. The normalized spacial score (nSPS) is 12.4. The SMILES string of the molecule is CCCC[N+](CCCC)(CCCC)CCCC.CSCC[C@H](N)C(=O)[O-]. The van der Waals surface area contributed by atoms with E-state index in [0.717, 1.165) is 5.75 Å². The van der Waals surface area contributed by atoms with Gasteiger partial charge in [0.2, 0.25) is 0 Å². The van der Waals surface area contributed by atoms with E-state index in [1.54, 1.807) is 11.8 Å². The van der Waals surface area contributed by atoms with Crippen LogP contribution in [0.5, 0.6) is 0 Å². The first-order chi connectivity index (χ1) is 12.4. The smallest absolute Gasteiger partial charge is 0.0786 e. The molecule has 0 unspecified atom stereocenters. The molecule has 5 heteroatoms. The van der Waals surface area contributed by atoms with Crippen molar-refractivity contribution in [1.29, 1.82) is 0 Å². The van der Waals surface area contributed by atoms with Gasteiger partial charge >= 0.3 is 0 Å². The van der Waals surface area contributed by atoms with Gasteiger partial charge in [0, 0.05) is 6.04 Å². The number of rotatable bonds is 16. The Balaban J connectivity index is 0. The Labute approximate surface area is 167 Å². The van der Waals surface area contributed by atoms with E-state index in [2.05, 4.69) is 27.7 Å². The van der Waals surface area contributed by atoms with Crippen LogP contribution in [0.1, 0.15) is 85.5 Å². The average molecular weight is 391 g/mol. The number of carbonyl (C=O) groups excluding carboxylic acids is 1. The largest absolute Gasteiger partial charge is 0.548 e. The molecule has 158 valence electrons. The van der Waals surface area contributed by atoms with Crippen LogP contribution in [-0.2, 0) is 4.79 Å². The molecule has 0 heterocycles. The monoisotopic (exact) mass is 390 g/mol. The van der Waals surface area contributed by atoms with Crippen LogP contribution in [-0.4, -0.2) is 54.7 Å². The quantitative estimate of drug-likeness (QED) is 0.407. The van der Waals surface area contributed by atoms with Gasteiger partial charge in [0.15, 0.2) is 0 Å². The van der Waals surface area contributed by atoms with Gasteiger partial charge < -0.3 is 20.1 Å². The van der Waals surface area contributed by atoms with Crippen molar-refractivity contribution in [3.05, 3.63) is 0 Å². The Morgan fingerprint density at radius 3 is 1.46 bits per heavy atom. The van der Waals surface area contributed by atoms with Gasteiger partial charge in [0.1, 0.15) is 0 Å². The molecule has 0 aliphatic rings. The van der Waals surface area contributed by atoms with Gasteiger partial charge in [-0.2, -0.15) is 11.8 Å². The first kappa shape index (κ1) is 28.0. The average Bonchev–Trinajstić information content (AvgIpc) is 2.65. The molecule has 0 aliphatic heterocycles.